The van der Waals surface area contributed by atoms with Crippen LogP contribution in [0.15, 0.2) is 48.5 Å². The third kappa shape index (κ3) is 6.05. The van der Waals surface area contributed by atoms with E-state index in [0.717, 1.165) is 35.5 Å². The molecule has 0 saturated carbocycles. The molecule has 0 fully saturated rings. The summed E-state index contributed by atoms with van der Waals surface area (Å²) in [6, 6.07) is 14.1. The summed E-state index contributed by atoms with van der Waals surface area (Å²) in [5.74, 6) is -0.0347. The number of rotatable bonds is 4. The number of benzene rings is 2. The summed E-state index contributed by atoms with van der Waals surface area (Å²) in [6.07, 6.45) is 0.743. The molecule has 9 heteroatoms. The van der Waals surface area contributed by atoms with Gasteiger partial charge in [0.05, 0.1) is 18.5 Å². The molecule has 38 heavy (non-hydrogen) atoms. The van der Waals surface area contributed by atoms with Crippen molar-refractivity contribution in [2.45, 2.75) is 39.8 Å². The van der Waals surface area contributed by atoms with E-state index in [0.29, 0.717) is 31.0 Å². The molecule has 2 heterocycles. The second-order valence-corrected chi connectivity index (χ2v) is 9.92. The van der Waals surface area contributed by atoms with Crippen molar-refractivity contribution >= 4 is 17.5 Å². The minimum atomic E-state index is -0.416. The first-order valence-corrected chi connectivity index (χ1v) is 13.0. The lowest BCUT2D eigenvalue weighted by molar-refractivity contribution is -0.116. The Hall–Kier alpha value is -3.72. The van der Waals surface area contributed by atoms with E-state index >= 15 is 0 Å². The van der Waals surface area contributed by atoms with Crippen LogP contribution in [0.25, 0.3) is 11.3 Å². The van der Waals surface area contributed by atoms with Crippen LogP contribution >= 0.6 is 0 Å². The number of fused-ring (bicyclic) bond motifs is 1. The Morgan fingerprint density at radius 2 is 1.74 bits per heavy atom. The van der Waals surface area contributed by atoms with Gasteiger partial charge in [-0.1, -0.05) is 6.07 Å². The number of hydrogen-bond acceptors (Lipinski definition) is 5. The maximum absolute atomic E-state index is 14.3. The van der Waals surface area contributed by atoms with Crippen LogP contribution < -0.4 is 9.64 Å². The topological polar surface area (TPSA) is 70.9 Å². The van der Waals surface area contributed by atoms with Gasteiger partial charge in [-0.2, -0.15) is 5.10 Å². The molecule has 0 saturated heterocycles. The third-order valence-electron chi connectivity index (χ3n) is 7.07. The average molecular weight is 522 g/mol. The van der Waals surface area contributed by atoms with Crippen molar-refractivity contribution < 1.29 is 18.7 Å². The summed E-state index contributed by atoms with van der Waals surface area (Å²) >= 11 is 0. The third-order valence-corrected chi connectivity index (χ3v) is 7.07. The highest BCUT2D eigenvalue weighted by Crippen LogP contribution is 2.27. The van der Waals surface area contributed by atoms with Crippen LogP contribution in [0, 0.1) is 5.82 Å². The average Bonchev–Trinajstić information content (AvgIpc) is 3.27. The molecule has 0 bridgehead atoms. The Balaban J connectivity index is 1.70. The van der Waals surface area contributed by atoms with Gasteiger partial charge in [0, 0.05) is 58.3 Å². The molecule has 2 amide bonds. The first-order chi connectivity index (χ1) is 18.2. The van der Waals surface area contributed by atoms with Gasteiger partial charge in [0.15, 0.2) is 5.69 Å². The molecular weight excluding hydrogens is 485 g/mol. The summed E-state index contributed by atoms with van der Waals surface area (Å²) in [5, 5.41) is 4.54. The van der Waals surface area contributed by atoms with E-state index < -0.39 is 5.82 Å². The van der Waals surface area contributed by atoms with Gasteiger partial charge in [-0.25, -0.2) is 4.39 Å². The Morgan fingerprint density at radius 3 is 2.39 bits per heavy atom. The van der Waals surface area contributed by atoms with E-state index in [4.69, 9.17) is 4.74 Å². The van der Waals surface area contributed by atoms with Crippen LogP contribution in [-0.2, 0) is 18.4 Å². The number of carbonyl (C=O) groups excluding carboxylic acids is 2. The maximum atomic E-state index is 14.3. The van der Waals surface area contributed by atoms with Crippen molar-refractivity contribution in [3.63, 3.8) is 0 Å². The molecule has 1 aromatic heterocycles. The molecule has 0 unspecified atom stereocenters. The van der Waals surface area contributed by atoms with Crippen LogP contribution in [0.5, 0.6) is 5.75 Å². The molecule has 0 radical (unpaired) electrons. The van der Waals surface area contributed by atoms with E-state index in [-0.39, 0.29) is 24.4 Å². The van der Waals surface area contributed by atoms with Crippen molar-refractivity contribution in [2.24, 2.45) is 7.05 Å². The van der Waals surface area contributed by atoms with Crippen molar-refractivity contribution in [2.75, 3.05) is 38.2 Å². The molecule has 0 N–H and O–H groups in total. The highest BCUT2D eigenvalue weighted by molar-refractivity contribution is 5.94. The number of carbonyl (C=O) groups is 2. The Labute approximate surface area is 223 Å². The monoisotopic (exact) mass is 521 g/mol. The van der Waals surface area contributed by atoms with Crippen LogP contribution in [0.4, 0.5) is 10.1 Å². The van der Waals surface area contributed by atoms with Gasteiger partial charge in [-0.05, 0) is 68.3 Å². The quantitative estimate of drug-likeness (QED) is 0.511. The van der Waals surface area contributed by atoms with Crippen LogP contribution in [-0.4, -0.2) is 70.7 Å². The van der Waals surface area contributed by atoms with Crippen LogP contribution in [0.2, 0.25) is 0 Å². The van der Waals surface area contributed by atoms with E-state index in [9.17, 15) is 14.0 Å². The fourth-order valence-corrected chi connectivity index (χ4v) is 4.90. The maximum Gasteiger partial charge on any atom is 0.274 e. The number of methoxy groups -OCH3 is 1. The first kappa shape index (κ1) is 27.3. The van der Waals surface area contributed by atoms with Gasteiger partial charge in [0.2, 0.25) is 5.91 Å². The van der Waals surface area contributed by atoms with Crippen molar-refractivity contribution in [3.8, 4) is 17.0 Å². The van der Waals surface area contributed by atoms with E-state index in [1.807, 2.05) is 31.3 Å². The number of amides is 2. The van der Waals surface area contributed by atoms with Crippen molar-refractivity contribution in [1.29, 1.82) is 0 Å². The van der Waals surface area contributed by atoms with Gasteiger partial charge < -0.3 is 14.5 Å². The molecule has 1 aliphatic heterocycles. The smallest absolute Gasteiger partial charge is 0.274 e. The van der Waals surface area contributed by atoms with E-state index in [1.54, 1.807) is 33.7 Å². The zero-order valence-corrected chi connectivity index (χ0v) is 22.8. The first-order valence-electron chi connectivity index (χ1n) is 13.0. The Morgan fingerprint density at radius 1 is 1.00 bits per heavy atom. The molecule has 1 aliphatic rings. The Kier molecular flexibility index (Phi) is 8.46. The van der Waals surface area contributed by atoms with Crippen molar-refractivity contribution in [3.05, 3.63) is 65.6 Å². The predicted octanol–water partition coefficient (Wildman–Crippen LogP) is 4.34. The molecule has 0 atom stereocenters. The lowest BCUT2D eigenvalue weighted by Crippen LogP contribution is -2.41. The zero-order chi connectivity index (χ0) is 27.4. The highest BCUT2D eigenvalue weighted by Gasteiger charge is 2.26. The zero-order valence-electron chi connectivity index (χ0n) is 22.8. The number of hydrogen-bond donors (Lipinski definition) is 0. The summed E-state index contributed by atoms with van der Waals surface area (Å²) < 4.78 is 21.3. The lowest BCUT2D eigenvalue weighted by atomic mass is 10.1. The molecule has 0 aliphatic carbocycles. The van der Waals surface area contributed by atoms with Gasteiger partial charge in [-0.3, -0.25) is 19.2 Å². The molecule has 4 rings (SSSR count). The fraction of sp³-hybridized carbons (Fsp3) is 0.414. The van der Waals surface area contributed by atoms with E-state index in [1.165, 1.54) is 19.1 Å². The fourth-order valence-electron chi connectivity index (χ4n) is 4.90. The van der Waals surface area contributed by atoms with E-state index in [2.05, 4.69) is 23.8 Å². The number of aryl methyl sites for hydroxylation is 1. The number of anilines is 1. The molecule has 3 aromatic rings. The minimum absolute atomic E-state index is 0.154. The SMILES string of the molecule is COc1ccc(-c2cc(C(=O)N3CCN(C(C)C)CCCN(C(C)=O)c4cc(F)ccc4C3)nn2C)cc1. The predicted molar refractivity (Wildman–Crippen MR) is 146 cm³/mol. The van der Waals surface area contributed by atoms with Gasteiger partial charge >= 0.3 is 0 Å². The summed E-state index contributed by atoms with van der Waals surface area (Å²) in [4.78, 5) is 32.1. The summed E-state index contributed by atoms with van der Waals surface area (Å²) in [6.45, 7) is 8.37. The second kappa shape index (κ2) is 11.8. The molecule has 8 nitrogen and oxygen atoms in total. The highest BCUT2D eigenvalue weighted by atomic mass is 19.1. The van der Waals surface area contributed by atoms with Gasteiger partial charge in [0.1, 0.15) is 11.6 Å². The number of aromatic nitrogens is 2. The van der Waals surface area contributed by atoms with Crippen LogP contribution in [0.1, 0.15) is 43.2 Å². The van der Waals surface area contributed by atoms with Gasteiger partial charge in [0.25, 0.3) is 5.91 Å². The van der Waals surface area contributed by atoms with Crippen LogP contribution in [0.3, 0.4) is 0 Å². The molecule has 0 spiro atoms. The molecule has 2 aromatic carbocycles. The summed E-state index contributed by atoms with van der Waals surface area (Å²) in [5.41, 5.74) is 3.29. The normalized spacial score (nSPS) is 15.2. The molecule has 202 valence electrons. The standard InChI is InChI=1S/C29H36FN5O3/c1-20(2)33-13-6-14-35(21(3)36)28-17-24(30)10-7-23(28)19-34(16-15-33)29(37)26-18-27(32(4)31-26)22-8-11-25(38-5)12-9-22/h7-12,17-18,20H,6,13-16,19H2,1-5H3. The molecular formula is C29H36FN5O3. The van der Waals surface area contributed by atoms with Gasteiger partial charge in [-0.15, -0.1) is 0 Å². The second-order valence-electron chi connectivity index (χ2n) is 9.92. The number of nitrogens with zero attached hydrogens (tertiary/aromatic N) is 5. The number of halogens is 1. The number of ether oxygens (including phenoxy) is 1. The largest absolute Gasteiger partial charge is 0.497 e. The Bertz CT molecular complexity index is 1290. The van der Waals surface area contributed by atoms with Crippen molar-refractivity contribution in [1.82, 2.24) is 19.6 Å². The lowest BCUT2D eigenvalue weighted by Gasteiger charge is -2.29. The summed E-state index contributed by atoms with van der Waals surface area (Å²) in [7, 11) is 3.43. The minimum Gasteiger partial charge on any atom is -0.497 e.